The summed E-state index contributed by atoms with van der Waals surface area (Å²) in [5.74, 6) is 0.317. The molecule has 1 saturated heterocycles. The molecule has 1 aromatic heterocycles. The summed E-state index contributed by atoms with van der Waals surface area (Å²) < 4.78 is 4.99. The van der Waals surface area contributed by atoms with Gasteiger partial charge in [-0.15, -0.1) is 0 Å². The molecule has 9 heteroatoms. The number of nitro groups is 1. The molecule has 0 saturated carbocycles. The van der Waals surface area contributed by atoms with Gasteiger partial charge in [-0.05, 0) is 17.7 Å². The third-order valence-corrected chi connectivity index (χ3v) is 4.91. The summed E-state index contributed by atoms with van der Waals surface area (Å²) in [5.41, 5.74) is 0.676. The van der Waals surface area contributed by atoms with Gasteiger partial charge in [-0.2, -0.15) is 0 Å². The normalized spacial score (nSPS) is 16.0. The highest BCUT2D eigenvalue weighted by atomic mass is 35.5. The molecule has 0 unspecified atom stereocenters. The van der Waals surface area contributed by atoms with E-state index in [4.69, 9.17) is 16.3 Å². The molecule has 1 aliphatic rings. The number of ether oxygens (including phenoxy) is 1. The number of methoxy groups -OCH3 is 1. The van der Waals surface area contributed by atoms with Crippen molar-refractivity contribution >= 4 is 29.1 Å². The summed E-state index contributed by atoms with van der Waals surface area (Å²) in [5, 5.41) is 11.3. The van der Waals surface area contributed by atoms with Crippen molar-refractivity contribution in [2.45, 2.75) is 6.04 Å². The summed E-state index contributed by atoms with van der Waals surface area (Å²) in [7, 11) is 1.36. The molecule has 1 fully saturated rings. The van der Waals surface area contributed by atoms with Crippen molar-refractivity contribution in [3.8, 4) is 0 Å². The Kier molecular flexibility index (Phi) is 5.88. The van der Waals surface area contributed by atoms with Gasteiger partial charge < -0.3 is 9.64 Å². The van der Waals surface area contributed by atoms with Crippen molar-refractivity contribution < 1.29 is 14.5 Å². The van der Waals surface area contributed by atoms with Gasteiger partial charge in [-0.25, -0.2) is 9.78 Å². The topological polar surface area (TPSA) is 88.8 Å². The average Bonchev–Trinajstić information content (AvgIpc) is 2.70. The van der Waals surface area contributed by atoms with Crippen molar-refractivity contribution in [1.82, 2.24) is 9.88 Å². The molecule has 0 amide bonds. The fourth-order valence-electron chi connectivity index (χ4n) is 3.16. The zero-order valence-corrected chi connectivity index (χ0v) is 15.5. The molecule has 0 bridgehead atoms. The predicted molar refractivity (Wildman–Crippen MR) is 101 cm³/mol. The van der Waals surface area contributed by atoms with Crippen LogP contribution in [-0.2, 0) is 9.53 Å². The fraction of sp³-hybridized carbons (Fsp3) is 0.333. The highest BCUT2D eigenvalue weighted by molar-refractivity contribution is 6.31. The molecule has 0 aliphatic carbocycles. The number of pyridine rings is 1. The largest absolute Gasteiger partial charge is 0.468 e. The molecule has 1 atom stereocenters. The van der Waals surface area contributed by atoms with E-state index in [9.17, 15) is 14.9 Å². The van der Waals surface area contributed by atoms with Crippen LogP contribution in [0.15, 0.2) is 42.6 Å². The summed E-state index contributed by atoms with van der Waals surface area (Å²) in [6.45, 7) is 2.46. The van der Waals surface area contributed by atoms with Gasteiger partial charge in [0.25, 0.3) is 5.69 Å². The lowest BCUT2D eigenvalue weighted by molar-refractivity contribution is -0.385. The van der Waals surface area contributed by atoms with Crippen LogP contribution in [-0.4, -0.2) is 54.1 Å². The number of hydrogen-bond acceptors (Lipinski definition) is 7. The lowest BCUT2D eigenvalue weighted by atomic mass is 10.0. The van der Waals surface area contributed by atoms with Crippen LogP contribution in [0.3, 0.4) is 0 Å². The number of esters is 1. The van der Waals surface area contributed by atoms with E-state index < -0.39 is 11.0 Å². The number of piperazine rings is 1. The van der Waals surface area contributed by atoms with E-state index in [1.807, 2.05) is 28.0 Å². The van der Waals surface area contributed by atoms with Crippen molar-refractivity contribution in [2.75, 3.05) is 38.2 Å². The standard InChI is InChI=1S/C18H19ClN4O4/c1-27-18(24)17(14-4-2-3-5-15(14)19)22-10-8-21(9-11-22)16-7-6-13(12-20-16)23(25)26/h2-7,12,17H,8-11H2,1H3/t17-/m1/s1. The molecule has 142 valence electrons. The van der Waals surface area contributed by atoms with Gasteiger partial charge in [0, 0.05) is 37.3 Å². The van der Waals surface area contributed by atoms with E-state index >= 15 is 0 Å². The zero-order valence-electron chi connectivity index (χ0n) is 14.7. The number of rotatable bonds is 5. The minimum absolute atomic E-state index is 0.0399. The Morgan fingerprint density at radius 3 is 2.48 bits per heavy atom. The SMILES string of the molecule is COC(=O)[C@@H](c1ccccc1Cl)N1CCN(c2ccc([N+](=O)[O-])cn2)CC1. The summed E-state index contributed by atoms with van der Waals surface area (Å²) in [6.07, 6.45) is 1.25. The first-order chi connectivity index (χ1) is 13.0. The Morgan fingerprint density at radius 2 is 1.93 bits per heavy atom. The number of carbonyl (C=O) groups is 1. The minimum atomic E-state index is -0.573. The van der Waals surface area contributed by atoms with E-state index in [0.29, 0.717) is 42.6 Å². The van der Waals surface area contributed by atoms with Crippen LogP contribution in [0.4, 0.5) is 11.5 Å². The first kappa shape index (κ1) is 19.1. The number of carbonyl (C=O) groups excluding carboxylic acids is 1. The number of halogens is 1. The van der Waals surface area contributed by atoms with Gasteiger partial charge >= 0.3 is 5.97 Å². The third kappa shape index (κ3) is 4.17. The smallest absolute Gasteiger partial charge is 0.327 e. The van der Waals surface area contributed by atoms with Gasteiger partial charge in [0.1, 0.15) is 18.1 Å². The van der Waals surface area contributed by atoms with Gasteiger partial charge in [-0.1, -0.05) is 29.8 Å². The molecular weight excluding hydrogens is 372 g/mol. The van der Waals surface area contributed by atoms with Gasteiger partial charge in [0.15, 0.2) is 0 Å². The predicted octanol–water partition coefficient (Wildman–Crippen LogP) is 2.68. The van der Waals surface area contributed by atoms with Crippen LogP contribution >= 0.6 is 11.6 Å². The highest BCUT2D eigenvalue weighted by Crippen LogP contribution is 2.30. The molecule has 8 nitrogen and oxygen atoms in total. The van der Waals surface area contributed by atoms with Gasteiger partial charge in [0.2, 0.25) is 0 Å². The number of nitrogens with zero attached hydrogens (tertiary/aromatic N) is 4. The minimum Gasteiger partial charge on any atom is -0.468 e. The van der Waals surface area contributed by atoms with Crippen LogP contribution in [0.1, 0.15) is 11.6 Å². The molecule has 0 spiro atoms. The molecule has 3 rings (SSSR count). The molecule has 1 aliphatic heterocycles. The summed E-state index contributed by atoms with van der Waals surface area (Å²) in [4.78, 5) is 30.9. The highest BCUT2D eigenvalue weighted by Gasteiger charge is 2.32. The zero-order chi connectivity index (χ0) is 19.4. The van der Waals surface area contributed by atoms with Crippen molar-refractivity contribution in [3.63, 3.8) is 0 Å². The molecule has 2 aromatic rings. The quantitative estimate of drug-likeness (QED) is 0.440. The average molecular weight is 391 g/mol. The van der Waals surface area contributed by atoms with Crippen LogP contribution in [0.2, 0.25) is 5.02 Å². The number of hydrogen-bond donors (Lipinski definition) is 0. The second kappa shape index (κ2) is 8.32. The molecule has 1 aromatic carbocycles. The summed E-state index contributed by atoms with van der Waals surface area (Å²) in [6, 6.07) is 9.75. The second-order valence-corrected chi connectivity index (χ2v) is 6.51. The van der Waals surface area contributed by atoms with E-state index in [0.717, 1.165) is 0 Å². The van der Waals surface area contributed by atoms with Crippen LogP contribution in [0.25, 0.3) is 0 Å². The van der Waals surface area contributed by atoms with Crippen LogP contribution < -0.4 is 4.90 Å². The van der Waals surface area contributed by atoms with E-state index in [-0.39, 0.29) is 11.7 Å². The Hall–Kier alpha value is -2.71. The van der Waals surface area contributed by atoms with E-state index in [2.05, 4.69) is 4.98 Å². The first-order valence-electron chi connectivity index (χ1n) is 8.43. The maximum absolute atomic E-state index is 12.4. The van der Waals surface area contributed by atoms with Crippen molar-refractivity contribution in [3.05, 3.63) is 63.3 Å². The maximum atomic E-state index is 12.4. The summed E-state index contributed by atoms with van der Waals surface area (Å²) >= 11 is 6.29. The van der Waals surface area contributed by atoms with Crippen LogP contribution in [0.5, 0.6) is 0 Å². The van der Waals surface area contributed by atoms with E-state index in [1.54, 1.807) is 12.1 Å². The van der Waals surface area contributed by atoms with Crippen LogP contribution in [0, 0.1) is 10.1 Å². The van der Waals surface area contributed by atoms with E-state index in [1.165, 1.54) is 19.4 Å². The molecule has 27 heavy (non-hydrogen) atoms. The number of benzene rings is 1. The first-order valence-corrected chi connectivity index (χ1v) is 8.80. The fourth-order valence-corrected chi connectivity index (χ4v) is 3.40. The Balaban J connectivity index is 1.73. The number of anilines is 1. The second-order valence-electron chi connectivity index (χ2n) is 6.10. The molecular formula is C18H19ClN4O4. The number of aromatic nitrogens is 1. The lowest BCUT2D eigenvalue weighted by Crippen LogP contribution is -2.49. The van der Waals surface area contributed by atoms with Gasteiger partial charge in [-0.3, -0.25) is 15.0 Å². The van der Waals surface area contributed by atoms with Crippen molar-refractivity contribution in [2.24, 2.45) is 0 Å². The lowest BCUT2D eigenvalue weighted by Gasteiger charge is -2.38. The maximum Gasteiger partial charge on any atom is 0.327 e. The molecule has 0 radical (unpaired) electrons. The third-order valence-electron chi connectivity index (χ3n) is 4.57. The van der Waals surface area contributed by atoms with Gasteiger partial charge in [0.05, 0.1) is 12.0 Å². The monoisotopic (exact) mass is 390 g/mol. The Bertz CT molecular complexity index is 822. The van der Waals surface area contributed by atoms with Crippen molar-refractivity contribution in [1.29, 1.82) is 0 Å². The molecule has 2 heterocycles. The molecule has 0 N–H and O–H groups in total. The Morgan fingerprint density at radius 1 is 1.22 bits per heavy atom. The Labute approximate surface area is 161 Å².